The summed E-state index contributed by atoms with van der Waals surface area (Å²) in [5.41, 5.74) is 1.31. The lowest BCUT2D eigenvalue weighted by Crippen LogP contribution is -2.17. The highest BCUT2D eigenvalue weighted by Gasteiger charge is 2.31. The van der Waals surface area contributed by atoms with E-state index in [0.29, 0.717) is 5.82 Å². The van der Waals surface area contributed by atoms with Gasteiger partial charge in [-0.25, -0.2) is 9.97 Å². The average Bonchev–Trinajstić information content (AvgIpc) is 2.85. The van der Waals surface area contributed by atoms with Crippen LogP contribution in [0.4, 0.5) is 17.1 Å². The number of nitrogens with one attached hydrogen (secondary N) is 1. The number of nitrogens with zero attached hydrogens (tertiary/aromatic N) is 5. The molecule has 8 nitrogen and oxygen atoms in total. The lowest BCUT2D eigenvalue weighted by molar-refractivity contribution is -0.386. The van der Waals surface area contributed by atoms with E-state index >= 15 is 0 Å². The summed E-state index contributed by atoms with van der Waals surface area (Å²) in [5, 5.41) is 24.0. The molecule has 0 atom stereocenters. The zero-order valence-corrected chi connectivity index (χ0v) is 13.5. The summed E-state index contributed by atoms with van der Waals surface area (Å²) in [5.74, 6) is 0.399. The van der Waals surface area contributed by atoms with E-state index in [9.17, 15) is 15.4 Å². The van der Waals surface area contributed by atoms with Crippen molar-refractivity contribution in [1.82, 2.24) is 9.97 Å². The number of benzene rings is 1. The van der Waals surface area contributed by atoms with Gasteiger partial charge in [0.2, 0.25) is 5.28 Å². The molecule has 9 heteroatoms. The Bertz CT molecular complexity index is 934. The first-order valence-electron chi connectivity index (χ1n) is 6.87. The van der Waals surface area contributed by atoms with Gasteiger partial charge in [-0.1, -0.05) is 12.1 Å². The third kappa shape index (κ3) is 2.41. The zero-order chi connectivity index (χ0) is 17.4. The first kappa shape index (κ1) is 15.7. The molecule has 1 aliphatic heterocycles. The Labute approximate surface area is 142 Å². The number of nitro groups is 1. The van der Waals surface area contributed by atoms with Crippen molar-refractivity contribution in [3.05, 3.63) is 56.9 Å². The van der Waals surface area contributed by atoms with Crippen LogP contribution in [0.5, 0.6) is 0 Å². The van der Waals surface area contributed by atoms with Gasteiger partial charge in [0.1, 0.15) is 23.2 Å². The van der Waals surface area contributed by atoms with Crippen molar-refractivity contribution in [1.29, 1.82) is 5.26 Å². The Morgan fingerprint density at radius 3 is 2.75 bits per heavy atom. The lowest BCUT2D eigenvalue weighted by Gasteiger charge is -2.15. The van der Waals surface area contributed by atoms with Crippen LogP contribution in [0.15, 0.2) is 30.1 Å². The maximum atomic E-state index is 11.4. The molecular weight excluding hydrogens is 332 g/mol. The van der Waals surface area contributed by atoms with Gasteiger partial charge in [-0.05, 0) is 30.7 Å². The van der Waals surface area contributed by atoms with Crippen LogP contribution in [-0.2, 0) is 0 Å². The second kappa shape index (κ2) is 5.79. The van der Waals surface area contributed by atoms with Gasteiger partial charge in [-0.2, -0.15) is 5.26 Å². The quantitative estimate of drug-likeness (QED) is 0.386. The second-order valence-corrected chi connectivity index (χ2v) is 5.41. The third-order valence-electron chi connectivity index (χ3n) is 3.65. The molecule has 24 heavy (non-hydrogen) atoms. The van der Waals surface area contributed by atoms with Gasteiger partial charge in [0.15, 0.2) is 5.69 Å². The fourth-order valence-corrected chi connectivity index (χ4v) is 2.79. The predicted octanol–water partition coefficient (Wildman–Crippen LogP) is 3.10. The van der Waals surface area contributed by atoms with Crippen molar-refractivity contribution < 1.29 is 4.92 Å². The number of allylic oxidation sites excluding steroid dienone is 1. The first-order valence-corrected chi connectivity index (χ1v) is 7.25. The molecule has 0 saturated heterocycles. The molecule has 0 amide bonds. The Balaban J connectivity index is 2.26. The SMILES string of the molecule is Cc1nc(Cl)nc(/C(C#N)=C2\Nc3ccccc3N2C)c1[N+](=O)[O-]. The number of anilines is 2. The van der Waals surface area contributed by atoms with E-state index in [1.165, 1.54) is 6.92 Å². The predicted molar refractivity (Wildman–Crippen MR) is 89.4 cm³/mol. The van der Waals surface area contributed by atoms with Gasteiger partial charge in [-0.3, -0.25) is 10.1 Å². The molecule has 3 rings (SSSR count). The molecule has 120 valence electrons. The number of hydrogen-bond acceptors (Lipinski definition) is 7. The molecule has 2 aromatic rings. The summed E-state index contributed by atoms with van der Waals surface area (Å²) in [7, 11) is 1.76. The van der Waals surface area contributed by atoms with E-state index in [-0.39, 0.29) is 27.9 Å². The van der Waals surface area contributed by atoms with Crippen LogP contribution in [-0.4, -0.2) is 21.9 Å². The summed E-state index contributed by atoms with van der Waals surface area (Å²) < 4.78 is 0. The summed E-state index contributed by atoms with van der Waals surface area (Å²) in [6.07, 6.45) is 0. The van der Waals surface area contributed by atoms with E-state index in [4.69, 9.17) is 11.6 Å². The van der Waals surface area contributed by atoms with Crippen molar-refractivity contribution in [3.63, 3.8) is 0 Å². The van der Waals surface area contributed by atoms with Crippen LogP contribution in [0.3, 0.4) is 0 Å². The first-order chi connectivity index (χ1) is 11.4. The minimum atomic E-state index is -0.610. The van der Waals surface area contributed by atoms with Gasteiger partial charge in [-0.15, -0.1) is 0 Å². The van der Waals surface area contributed by atoms with Crippen LogP contribution < -0.4 is 10.2 Å². The molecular formula is C15H11ClN6O2. The molecule has 2 heterocycles. The molecule has 0 unspecified atom stereocenters. The monoisotopic (exact) mass is 342 g/mol. The number of aryl methyl sites for hydroxylation is 1. The lowest BCUT2D eigenvalue weighted by atomic mass is 10.1. The van der Waals surface area contributed by atoms with Gasteiger partial charge in [0, 0.05) is 7.05 Å². The standard InChI is InChI=1S/C15H11ClN6O2/c1-8-13(22(23)24)12(20-15(16)18-8)9(7-17)14-19-10-5-3-4-6-11(10)21(14)2/h3-6,19H,1-2H3/b14-9+. The Kier molecular flexibility index (Phi) is 3.79. The summed E-state index contributed by atoms with van der Waals surface area (Å²) in [6.45, 7) is 1.45. The van der Waals surface area contributed by atoms with Crippen LogP contribution in [0.2, 0.25) is 5.28 Å². The number of fused-ring (bicyclic) bond motifs is 1. The Morgan fingerprint density at radius 2 is 2.12 bits per heavy atom. The zero-order valence-electron chi connectivity index (χ0n) is 12.7. The van der Waals surface area contributed by atoms with E-state index in [1.54, 1.807) is 11.9 Å². The number of aromatic nitrogens is 2. The normalized spacial score (nSPS) is 14.7. The van der Waals surface area contributed by atoms with Gasteiger partial charge in [0.05, 0.1) is 16.3 Å². The van der Waals surface area contributed by atoms with E-state index in [2.05, 4.69) is 15.3 Å². The maximum Gasteiger partial charge on any atom is 0.317 e. The summed E-state index contributed by atoms with van der Waals surface area (Å²) in [6, 6.07) is 9.43. The molecule has 1 aromatic carbocycles. The van der Waals surface area contributed by atoms with E-state index < -0.39 is 4.92 Å². The summed E-state index contributed by atoms with van der Waals surface area (Å²) in [4.78, 5) is 20.3. The highest BCUT2D eigenvalue weighted by molar-refractivity contribution is 6.28. The topological polar surface area (TPSA) is 108 Å². The fraction of sp³-hybridized carbons (Fsp3) is 0.133. The van der Waals surface area contributed by atoms with Crippen molar-refractivity contribution in [3.8, 4) is 6.07 Å². The van der Waals surface area contributed by atoms with Gasteiger partial charge in [0.25, 0.3) is 0 Å². The maximum absolute atomic E-state index is 11.4. The molecule has 0 aliphatic carbocycles. The number of nitriles is 1. The van der Waals surface area contributed by atoms with Crippen LogP contribution in [0.1, 0.15) is 11.4 Å². The number of para-hydroxylation sites is 2. The number of halogens is 1. The molecule has 0 radical (unpaired) electrons. The molecule has 1 N–H and O–H groups in total. The largest absolute Gasteiger partial charge is 0.339 e. The van der Waals surface area contributed by atoms with Crippen LogP contribution >= 0.6 is 11.6 Å². The molecule has 0 saturated carbocycles. The van der Waals surface area contributed by atoms with Crippen molar-refractivity contribution >= 4 is 34.2 Å². The molecule has 0 spiro atoms. The average molecular weight is 343 g/mol. The fourth-order valence-electron chi connectivity index (χ4n) is 2.58. The van der Waals surface area contributed by atoms with Gasteiger partial charge < -0.3 is 10.2 Å². The highest BCUT2D eigenvalue weighted by atomic mass is 35.5. The molecule has 0 bridgehead atoms. The highest BCUT2D eigenvalue weighted by Crippen LogP contribution is 2.39. The van der Waals surface area contributed by atoms with Crippen molar-refractivity contribution in [2.45, 2.75) is 6.92 Å². The van der Waals surface area contributed by atoms with Crippen LogP contribution in [0, 0.1) is 28.4 Å². The molecule has 1 aromatic heterocycles. The van der Waals surface area contributed by atoms with E-state index in [1.807, 2.05) is 30.3 Å². The smallest absolute Gasteiger partial charge is 0.317 e. The van der Waals surface area contributed by atoms with Crippen molar-refractivity contribution in [2.75, 3.05) is 17.3 Å². The van der Waals surface area contributed by atoms with E-state index in [0.717, 1.165) is 11.4 Å². The van der Waals surface area contributed by atoms with Crippen LogP contribution in [0.25, 0.3) is 5.57 Å². The van der Waals surface area contributed by atoms with Crippen molar-refractivity contribution in [2.24, 2.45) is 0 Å². The third-order valence-corrected chi connectivity index (χ3v) is 3.82. The Hall–Kier alpha value is -3.18. The number of rotatable bonds is 2. The molecule has 1 aliphatic rings. The molecule has 0 fully saturated rings. The number of hydrogen-bond donors (Lipinski definition) is 1. The Morgan fingerprint density at radius 1 is 1.42 bits per heavy atom. The minimum absolute atomic E-state index is 0.0211. The second-order valence-electron chi connectivity index (χ2n) is 5.07. The van der Waals surface area contributed by atoms with Gasteiger partial charge >= 0.3 is 5.69 Å². The summed E-state index contributed by atoms with van der Waals surface area (Å²) >= 11 is 5.85. The minimum Gasteiger partial charge on any atom is -0.339 e.